The molecule has 0 heterocycles. The van der Waals surface area contributed by atoms with Crippen LogP contribution in [0, 0.1) is 6.92 Å². The van der Waals surface area contributed by atoms with Crippen molar-refractivity contribution in [2.24, 2.45) is 5.73 Å². The Kier molecular flexibility index (Phi) is 7.85. The highest BCUT2D eigenvalue weighted by atomic mass is 35.5. The SMILES string of the molecule is CC/C=C\c1cc(NC(=O)C(NCCN)c2cccc(Cl)c2)ccc1C. The summed E-state index contributed by atoms with van der Waals surface area (Å²) >= 11 is 6.08. The van der Waals surface area contributed by atoms with E-state index in [9.17, 15) is 4.79 Å². The Bertz CT molecular complexity index is 774. The predicted octanol–water partition coefficient (Wildman–Crippen LogP) is 4.30. The number of anilines is 1. The standard InChI is InChI=1S/C21H26ClN3O/c1-3-4-6-16-14-19(10-9-15(16)2)25-21(26)20(24-12-11-23)17-7-5-8-18(22)13-17/h4-10,13-14,20,24H,3,11-12,23H2,1-2H3,(H,25,26)/b6-4-. The average Bonchev–Trinajstić information content (AvgIpc) is 2.62. The summed E-state index contributed by atoms with van der Waals surface area (Å²) in [4.78, 5) is 12.9. The second kappa shape index (κ2) is 10.1. The van der Waals surface area contributed by atoms with Gasteiger partial charge in [-0.05, 0) is 54.3 Å². The fourth-order valence-electron chi connectivity index (χ4n) is 2.63. The summed E-state index contributed by atoms with van der Waals surface area (Å²) in [5.74, 6) is -0.144. The molecule has 0 spiro atoms. The maximum Gasteiger partial charge on any atom is 0.246 e. The lowest BCUT2D eigenvalue weighted by atomic mass is 10.0. The summed E-state index contributed by atoms with van der Waals surface area (Å²) in [6.07, 6.45) is 5.15. The number of allylic oxidation sites excluding steroid dienone is 1. The van der Waals surface area contributed by atoms with Crippen LogP contribution < -0.4 is 16.4 Å². The highest BCUT2D eigenvalue weighted by molar-refractivity contribution is 6.30. The molecule has 1 amide bonds. The van der Waals surface area contributed by atoms with Gasteiger partial charge in [-0.25, -0.2) is 0 Å². The molecule has 0 aliphatic heterocycles. The smallest absolute Gasteiger partial charge is 0.246 e. The van der Waals surface area contributed by atoms with Crippen molar-refractivity contribution in [2.45, 2.75) is 26.3 Å². The molecule has 0 aromatic heterocycles. The first-order valence-electron chi connectivity index (χ1n) is 8.82. The molecular formula is C21H26ClN3O. The lowest BCUT2D eigenvalue weighted by Gasteiger charge is -2.19. The Morgan fingerprint density at radius 1 is 1.27 bits per heavy atom. The third-order valence-corrected chi connectivity index (χ3v) is 4.25. The van der Waals surface area contributed by atoms with Gasteiger partial charge in [-0.2, -0.15) is 0 Å². The summed E-state index contributed by atoms with van der Waals surface area (Å²) in [6, 6.07) is 12.7. The van der Waals surface area contributed by atoms with E-state index < -0.39 is 6.04 Å². The third-order valence-electron chi connectivity index (χ3n) is 4.02. The predicted molar refractivity (Wildman–Crippen MR) is 110 cm³/mol. The van der Waals surface area contributed by atoms with Crippen LogP contribution in [0.2, 0.25) is 5.02 Å². The zero-order valence-corrected chi connectivity index (χ0v) is 16.0. The summed E-state index contributed by atoms with van der Waals surface area (Å²) in [6.45, 7) is 5.12. The van der Waals surface area contributed by atoms with Gasteiger partial charge in [-0.3, -0.25) is 4.79 Å². The minimum atomic E-state index is -0.520. The van der Waals surface area contributed by atoms with Crippen LogP contribution in [0.5, 0.6) is 0 Å². The zero-order chi connectivity index (χ0) is 18.9. The van der Waals surface area contributed by atoms with Gasteiger partial charge in [0.25, 0.3) is 0 Å². The van der Waals surface area contributed by atoms with Crippen LogP contribution in [0.25, 0.3) is 6.08 Å². The summed E-state index contributed by atoms with van der Waals surface area (Å²) in [5, 5.41) is 6.77. The topological polar surface area (TPSA) is 67.2 Å². The van der Waals surface area contributed by atoms with Gasteiger partial charge >= 0.3 is 0 Å². The Labute approximate surface area is 160 Å². The van der Waals surface area contributed by atoms with Crippen LogP contribution in [-0.4, -0.2) is 19.0 Å². The second-order valence-corrected chi connectivity index (χ2v) is 6.54. The first-order chi connectivity index (χ1) is 12.5. The second-order valence-electron chi connectivity index (χ2n) is 6.10. The highest BCUT2D eigenvalue weighted by Gasteiger charge is 2.20. The molecule has 4 N–H and O–H groups in total. The molecule has 2 rings (SSSR count). The average molecular weight is 372 g/mol. The summed E-state index contributed by atoms with van der Waals surface area (Å²) in [7, 11) is 0. The first-order valence-corrected chi connectivity index (χ1v) is 9.20. The van der Waals surface area contributed by atoms with E-state index in [0.717, 1.165) is 23.2 Å². The summed E-state index contributed by atoms with van der Waals surface area (Å²) in [5.41, 5.74) is 9.42. The number of nitrogens with one attached hydrogen (secondary N) is 2. The fourth-order valence-corrected chi connectivity index (χ4v) is 2.83. The maximum atomic E-state index is 12.9. The quantitative estimate of drug-likeness (QED) is 0.648. The summed E-state index contributed by atoms with van der Waals surface area (Å²) < 4.78 is 0. The normalized spacial score (nSPS) is 12.3. The lowest BCUT2D eigenvalue weighted by molar-refractivity contribution is -0.118. The van der Waals surface area contributed by atoms with Gasteiger partial charge in [-0.1, -0.05) is 48.9 Å². The molecule has 0 bridgehead atoms. The third kappa shape index (κ3) is 5.70. The molecule has 0 aliphatic rings. The van der Waals surface area contributed by atoms with Crippen LogP contribution in [0.4, 0.5) is 5.69 Å². The van der Waals surface area contributed by atoms with E-state index in [1.165, 1.54) is 5.56 Å². The number of carbonyl (C=O) groups excluding carboxylic acids is 1. The molecule has 0 aliphatic carbocycles. The molecule has 26 heavy (non-hydrogen) atoms. The van der Waals surface area contributed by atoms with E-state index in [0.29, 0.717) is 18.1 Å². The number of hydrogen-bond acceptors (Lipinski definition) is 3. The van der Waals surface area contributed by atoms with Crippen molar-refractivity contribution in [3.63, 3.8) is 0 Å². The van der Waals surface area contributed by atoms with Gasteiger partial charge in [0.15, 0.2) is 0 Å². The molecular weight excluding hydrogens is 346 g/mol. The van der Waals surface area contributed by atoms with Gasteiger partial charge in [-0.15, -0.1) is 0 Å². The van der Waals surface area contributed by atoms with Crippen molar-refractivity contribution in [2.75, 3.05) is 18.4 Å². The number of benzene rings is 2. The van der Waals surface area contributed by atoms with E-state index in [1.807, 2.05) is 30.3 Å². The minimum absolute atomic E-state index is 0.144. The molecule has 138 valence electrons. The maximum absolute atomic E-state index is 12.9. The van der Waals surface area contributed by atoms with Crippen LogP contribution in [0.15, 0.2) is 48.5 Å². The number of rotatable bonds is 8. The molecule has 0 radical (unpaired) electrons. The molecule has 1 unspecified atom stereocenters. The van der Waals surface area contributed by atoms with E-state index in [-0.39, 0.29) is 5.91 Å². The molecule has 0 saturated heterocycles. The van der Waals surface area contributed by atoms with Crippen molar-refractivity contribution in [3.8, 4) is 0 Å². The highest BCUT2D eigenvalue weighted by Crippen LogP contribution is 2.22. The van der Waals surface area contributed by atoms with Crippen molar-refractivity contribution in [3.05, 3.63) is 70.3 Å². The van der Waals surface area contributed by atoms with Crippen molar-refractivity contribution < 1.29 is 4.79 Å². The number of halogens is 1. The van der Waals surface area contributed by atoms with Crippen LogP contribution in [-0.2, 0) is 4.79 Å². The van der Waals surface area contributed by atoms with Crippen molar-refractivity contribution in [1.82, 2.24) is 5.32 Å². The molecule has 0 fully saturated rings. The zero-order valence-electron chi connectivity index (χ0n) is 15.3. The minimum Gasteiger partial charge on any atom is -0.329 e. The largest absolute Gasteiger partial charge is 0.329 e. The Morgan fingerprint density at radius 2 is 2.08 bits per heavy atom. The number of amides is 1. The van der Waals surface area contributed by atoms with E-state index in [1.54, 1.807) is 12.1 Å². The number of aryl methyl sites for hydroxylation is 1. The Morgan fingerprint density at radius 3 is 2.77 bits per heavy atom. The molecule has 4 nitrogen and oxygen atoms in total. The van der Waals surface area contributed by atoms with E-state index >= 15 is 0 Å². The van der Waals surface area contributed by atoms with Gasteiger partial charge in [0.2, 0.25) is 5.91 Å². The molecule has 0 saturated carbocycles. The van der Waals surface area contributed by atoms with Crippen LogP contribution in [0.3, 0.4) is 0 Å². The van der Waals surface area contributed by atoms with Crippen LogP contribution >= 0.6 is 11.6 Å². The lowest BCUT2D eigenvalue weighted by Crippen LogP contribution is -2.35. The van der Waals surface area contributed by atoms with Crippen molar-refractivity contribution >= 4 is 29.3 Å². The fraction of sp³-hybridized carbons (Fsp3) is 0.286. The molecule has 2 aromatic carbocycles. The van der Waals surface area contributed by atoms with E-state index in [2.05, 4.69) is 36.6 Å². The first kappa shape index (κ1) is 20.2. The number of nitrogens with two attached hydrogens (primary N) is 1. The Balaban J connectivity index is 2.22. The van der Waals surface area contributed by atoms with Gasteiger partial charge in [0, 0.05) is 23.8 Å². The number of carbonyl (C=O) groups is 1. The Hall–Kier alpha value is -2.14. The molecule has 5 heteroatoms. The van der Waals surface area contributed by atoms with Crippen molar-refractivity contribution in [1.29, 1.82) is 0 Å². The monoisotopic (exact) mass is 371 g/mol. The molecule has 1 atom stereocenters. The molecule has 2 aromatic rings. The van der Waals surface area contributed by atoms with Gasteiger partial charge in [0.1, 0.15) is 6.04 Å². The van der Waals surface area contributed by atoms with Gasteiger partial charge in [0.05, 0.1) is 0 Å². The number of hydrogen-bond donors (Lipinski definition) is 3. The van der Waals surface area contributed by atoms with Crippen LogP contribution in [0.1, 0.15) is 36.1 Å². The van der Waals surface area contributed by atoms with Gasteiger partial charge < -0.3 is 16.4 Å². The van der Waals surface area contributed by atoms with E-state index in [4.69, 9.17) is 17.3 Å².